The third-order valence-electron chi connectivity index (χ3n) is 3.64. The maximum absolute atomic E-state index is 12.1. The largest absolute Gasteiger partial charge is 0.464 e. The quantitative estimate of drug-likeness (QED) is 0.568. The first-order valence-electron chi connectivity index (χ1n) is 7.56. The minimum atomic E-state index is -0.372. The number of esters is 1. The zero-order chi connectivity index (χ0) is 17.1. The van der Waals surface area contributed by atoms with Crippen molar-refractivity contribution in [2.45, 2.75) is 11.3 Å². The second kappa shape index (κ2) is 7.07. The molecule has 1 aromatic carbocycles. The van der Waals surface area contributed by atoms with Crippen LogP contribution in [-0.2, 0) is 11.2 Å². The van der Waals surface area contributed by atoms with Crippen molar-refractivity contribution in [3.8, 4) is 0 Å². The predicted octanol–water partition coefficient (Wildman–Crippen LogP) is 3.51. The van der Waals surface area contributed by atoms with Crippen molar-refractivity contribution in [1.82, 2.24) is 14.3 Å². The first-order valence-corrected chi connectivity index (χ1v) is 8.34. The summed E-state index contributed by atoms with van der Waals surface area (Å²) >= 11 is 1.67. The minimum Gasteiger partial charge on any atom is -0.464 e. The number of aromatic nitrogens is 2. The first kappa shape index (κ1) is 16.5. The Morgan fingerprint density at radius 3 is 2.67 bits per heavy atom. The zero-order valence-corrected chi connectivity index (χ0v) is 14.7. The van der Waals surface area contributed by atoms with Crippen LogP contribution < -0.4 is 0 Å². The Bertz CT molecular complexity index is 856. The van der Waals surface area contributed by atoms with Crippen molar-refractivity contribution >= 4 is 29.0 Å². The molecule has 0 aliphatic rings. The molecule has 0 aliphatic carbocycles. The van der Waals surface area contributed by atoms with E-state index in [4.69, 9.17) is 4.74 Å². The summed E-state index contributed by atoms with van der Waals surface area (Å²) in [6.07, 6.45) is 2.35. The number of ether oxygens (including phenoxy) is 1. The van der Waals surface area contributed by atoms with Crippen molar-refractivity contribution in [3.63, 3.8) is 0 Å². The summed E-state index contributed by atoms with van der Waals surface area (Å²) in [5.41, 5.74) is 4.11. The van der Waals surface area contributed by atoms with E-state index in [1.54, 1.807) is 18.1 Å². The maximum Gasteiger partial charge on any atom is 0.354 e. The highest BCUT2D eigenvalue weighted by Gasteiger charge is 2.19. The van der Waals surface area contributed by atoms with Crippen LogP contribution in [0.4, 0.5) is 0 Å². The van der Waals surface area contributed by atoms with E-state index in [2.05, 4.69) is 34.2 Å². The highest BCUT2D eigenvalue weighted by atomic mass is 32.2. The molecule has 2 aromatic heterocycles. The van der Waals surface area contributed by atoms with Crippen LogP contribution in [0.1, 0.15) is 21.6 Å². The van der Waals surface area contributed by atoms with E-state index >= 15 is 0 Å². The predicted molar refractivity (Wildman–Crippen MR) is 96.2 cm³/mol. The van der Waals surface area contributed by atoms with Gasteiger partial charge < -0.3 is 9.72 Å². The molecule has 1 N–H and O–H groups in total. The Balaban J connectivity index is 1.95. The third kappa shape index (κ3) is 3.44. The van der Waals surface area contributed by atoms with Crippen LogP contribution in [0.25, 0.3) is 11.0 Å². The molecule has 0 radical (unpaired) electrons. The minimum absolute atomic E-state index is 0.372. The topological polar surface area (TPSA) is 58.2 Å². The molecule has 3 rings (SSSR count). The second-order valence-electron chi connectivity index (χ2n) is 5.59. The number of carbonyl (C=O) groups is 1. The van der Waals surface area contributed by atoms with Gasteiger partial charge in [0.25, 0.3) is 0 Å². The molecule has 124 valence electrons. The number of carbonyl (C=O) groups excluding carboxylic acids is 1. The van der Waals surface area contributed by atoms with Crippen LogP contribution in [0.2, 0.25) is 0 Å². The molecule has 0 bridgehead atoms. The van der Waals surface area contributed by atoms with Crippen molar-refractivity contribution in [1.29, 1.82) is 0 Å². The average Bonchev–Trinajstić information content (AvgIpc) is 2.94. The smallest absolute Gasteiger partial charge is 0.354 e. The Morgan fingerprint density at radius 1 is 1.25 bits per heavy atom. The van der Waals surface area contributed by atoms with Crippen LogP contribution in [0, 0.1) is 0 Å². The van der Waals surface area contributed by atoms with Crippen LogP contribution in [-0.4, -0.2) is 41.4 Å². The van der Waals surface area contributed by atoms with Gasteiger partial charge in [-0.25, -0.2) is 4.79 Å². The van der Waals surface area contributed by atoms with Gasteiger partial charge in [-0.3, -0.25) is 9.29 Å². The fraction of sp³-hybridized carbons (Fsp3) is 0.222. The molecule has 0 saturated carbocycles. The van der Waals surface area contributed by atoms with E-state index in [9.17, 15) is 4.79 Å². The number of H-pyrrole nitrogens is 1. The molecule has 0 aliphatic heterocycles. The summed E-state index contributed by atoms with van der Waals surface area (Å²) in [4.78, 5) is 20.8. The summed E-state index contributed by atoms with van der Waals surface area (Å²) in [6.45, 7) is 0. The van der Waals surface area contributed by atoms with Crippen molar-refractivity contribution in [2.75, 3.05) is 21.2 Å². The van der Waals surface area contributed by atoms with Crippen LogP contribution in [0.5, 0.6) is 0 Å². The summed E-state index contributed by atoms with van der Waals surface area (Å²) < 4.78 is 6.95. The van der Waals surface area contributed by atoms with Gasteiger partial charge in [-0.1, -0.05) is 12.1 Å². The van der Waals surface area contributed by atoms with Gasteiger partial charge in [-0.2, -0.15) is 0 Å². The number of fused-ring (bicyclic) bond motifs is 1. The second-order valence-corrected chi connectivity index (χ2v) is 6.98. The average molecular weight is 341 g/mol. The Morgan fingerprint density at radius 2 is 2.00 bits per heavy atom. The van der Waals surface area contributed by atoms with Crippen LogP contribution >= 0.6 is 11.9 Å². The first-order chi connectivity index (χ1) is 11.6. The number of nitrogens with one attached hydrogen (secondary N) is 1. The molecular formula is C18H19N3O2S. The van der Waals surface area contributed by atoms with Crippen molar-refractivity contribution in [2.24, 2.45) is 0 Å². The summed E-state index contributed by atoms with van der Waals surface area (Å²) in [7, 11) is 5.41. The van der Waals surface area contributed by atoms with E-state index in [1.807, 2.05) is 30.5 Å². The fourth-order valence-electron chi connectivity index (χ4n) is 2.61. The lowest BCUT2D eigenvalue weighted by atomic mass is 10.0. The van der Waals surface area contributed by atoms with Gasteiger partial charge in [0.1, 0.15) is 5.69 Å². The number of aromatic amines is 1. The monoisotopic (exact) mass is 341 g/mol. The van der Waals surface area contributed by atoms with Gasteiger partial charge in [-0.05, 0) is 55.9 Å². The van der Waals surface area contributed by atoms with Gasteiger partial charge in [-0.15, -0.1) is 0 Å². The molecule has 0 spiro atoms. The van der Waals surface area contributed by atoms with Crippen LogP contribution in [0.3, 0.4) is 0 Å². The molecule has 3 aromatic rings. The number of pyridine rings is 1. The molecule has 6 heteroatoms. The van der Waals surface area contributed by atoms with Crippen molar-refractivity contribution in [3.05, 3.63) is 59.4 Å². The van der Waals surface area contributed by atoms with Gasteiger partial charge in [0.2, 0.25) is 0 Å². The number of hydrogen-bond donors (Lipinski definition) is 1. The molecule has 0 atom stereocenters. The van der Waals surface area contributed by atoms with Gasteiger partial charge >= 0.3 is 5.97 Å². The molecule has 5 nitrogen and oxygen atoms in total. The molecule has 2 heterocycles. The van der Waals surface area contributed by atoms with Gasteiger partial charge in [0, 0.05) is 23.1 Å². The van der Waals surface area contributed by atoms with E-state index in [0.29, 0.717) is 12.1 Å². The van der Waals surface area contributed by atoms with E-state index < -0.39 is 0 Å². The Labute approximate surface area is 145 Å². The summed E-state index contributed by atoms with van der Waals surface area (Å²) in [6, 6.07) is 12.1. The fourth-order valence-corrected chi connectivity index (χ4v) is 3.29. The number of rotatable bonds is 5. The molecule has 0 fully saturated rings. The number of methoxy groups -OCH3 is 1. The maximum atomic E-state index is 12.1. The lowest BCUT2D eigenvalue weighted by Gasteiger charge is -2.09. The zero-order valence-electron chi connectivity index (χ0n) is 13.9. The molecular weight excluding hydrogens is 322 g/mol. The van der Waals surface area contributed by atoms with Crippen LogP contribution in [0.15, 0.2) is 47.5 Å². The summed E-state index contributed by atoms with van der Waals surface area (Å²) in [5.74, 6) is -0.372. The standard InChI is InChI=1S/C18H19N3O2S/c1-21(2)24-13-8-6-12(7-9-13)11-14-16-15(5-4-10-19-16)20-17(14)18(22)23-3/h4-10,20H,11H2,1-3H3. The Kier molecular flexibility index (Phi) is 4.87. The normalized spacial score (nSPS) is 11.2. The van der Waals surface area contributed by atoms with E-state index in [1.165, 1.54) is 12.0 Å². The number of benzene rings is 1. The SMILES string of the molecule is COC(=O)c1[nH]c2cccnc2c1Cc1ccc(SN(C)C)cc1. The lowest BCUT2D eigenvalue weighted by molar-refractivity contribution is 0.0594. The lowest BCUT2D eigenvalue weighted by Crippen LogP contribution is -2.05. The molecule has 24 heavy (non-hydrogen) atoms. The third-order valence-corrected chi connectivity index (χ3v) is 4.48. The van der Waals surface area contributed by atoms with Gasteiger partial charge in [0.15, 0.2) is 0 Å². The highest BCUT2D eigenvalue weighted by molar-refractivity contribution is 7.97. The molecule has 0 unspecified atom stereocenters. The summed E-state index contributed by atoms with van der Waals surface area (Å²) in [5, 5.41) is 0. The Hall–Kier alpha value is -2.31. The van der Waals surface area contributed by atoms with Gasteiger partial charge in [0.05, 0.1) is 18.1 Å². The molecule has 0 amide bonds. The molecule has 0 saturated heterocycles. The number of hydrogen-bond acceptors (Lipinski definition) is 5. The van der Waals surface area contributed by atoms with E-state index in [-0.39, 0.29) is 5.97 Å². The van der Waals surface area contributed by atoms with E-state index in [0.717, 1.165) is 22.2 Å². The number of nitrogens with zero attached hydrogens (tertiary/aromatic N) is 2. The van der Waals surface area contributed by atoms with Crippen molar-refractivity contribution < 1.29 is 9.53 Å². The highest BCUT2D eigenvalue weighted by Crippen LogP contribution is 2.25.